The van der Waals surface area contributed by atoms with Crippen LogP contribution in [0.1, 0.15) is 39.6 Å². The Morgan fingerprint density at radius 3 is 2.79 bits per heavy atom. The number of ether oxygens (including phenoxy) is 2. The standard InChI is InChI=1S/C18H21N3O3/c1-11-17(12(2)20(3)19-11)18(22)21-7-6-14(9-21)13-4-5-15-16(8-13)24-10-23-15/h4-5,8,14H,6-7,9-10H2,1-3H3. The van der Waals surface area contributed by atoms with E-state index in [2.05, 4.69) is 11.2 Å². The number of fused-ring (bicyclic) bond motifs is 1. The molecule has 6 heteroatoms. The van der Waals surface area contributed by atoms with Crippen molar-refractivity contribution in [2.45, 2.75) is 26.2 Å². The van der Waals surface area contributed by atoms with E-state index in [1.165, 1.54) is 5.56 Å². The number of benzene rings is 1. The largest absolute Gasteiger partial charge is 0.454 e. The van der Waals surface area contributed by atoms with Crippen LogP contribution in [0.5, 0.6) is 11.5 Å². The third-order valence-corrected chi connectivity index (χ3v) is 5.07. The molecule has 2 aliphatic rings. The minimum Gasteiger partial charge on any atom is -0.454 e. The zero-order valence-corrected chi connectivity index (χ0v) is 14.2. The molecule has 1 aromatic heterocycles. The van der Waals surface area contributed by atoms with Crippen LogP contribution in [-0.4, -0.2) is 40.5 Å². The van der Waals surface area contributed by atoms with Gasteiger partial charge >= 0.3 is 0 Å². The fraction of sp³-hybridized carbons (Fsp3) is 0.444. The first-order valence-corrected chi connectivity index (χ1v) is 8.23. The summed E-state index contributed by atoms with van der Waals surface area (Å²) in [5.74, 6) is 2.02. The Morgan fingerprint density at radius 2 is 2.04 bits per heavy atom. The molecule has 1 unspecified atom stereocenters. The number of nitrogens with zero attached hydrogens (tertiary/aromatic N) is 3. The Balaban J connectivity index is 1.53. The van der Waals surface area contributed by atoms with Crippen molar-refractivity contribution in [3.63, 3.8) is 0 Å². The number of likely N-dealkylation sites (tertiary alicyclic amines) is 1. The van der Waals surface area contributed by atoms with Crippen LogP contribution in [0.2, 0.25) is 0 Å². The maximum absolute atomic E-state index is 12.9. The Kier molecular flexibility index (Phi) is 3.48. The normalized spacial score (nSPS) is 19.1. The number of aryl methyl sites for hydroxylation is 2. The van der Waals surface area contributed by atoms with Crippen LogP contribution in [0.25, 0.3) is 0 Å². The lowest BCUT2D eigenvalue weighted by Gasteiger charge is -2.17. The highest BCUT2D eigenvalue weighted by Gasteiger charge is 2.31. The highest BCUT2D eigenvalue weighted by molar-refractivity contribution is 5.96. The van der Waals surface area contributed by atoms with E-state index in [4.69, 9.17) is 9.47 Å². The van der Waals surface area contributed by atoms with Crippen molar-refractivity contribution in [3.05, 3.63) is 40.7 Å². The average Bonchev–Trinajstić information content (AvgIpc) is 3.27. The lowest BCUT2D eigenvalue weighted by molar-refractivity contribution is 0.0789. The number of hydrogen-bond donors (Lipinski definition) is 0. The molecule has 1 saturated heterocycles. The first kappa shape index (κ1) is 15.1. The summed E-state index contributed by atoms with van der Waals surface area (Å²) in [6.45, 7) is 5.62. The average molecular weight is 327 g/mol. The molecule has 1 amide bonds. The molecule has 0 aliphatic carbocycles. The second-order valence-electron chi connectivity index (χ2n) is 6.52. The molecule has 6 nitrogen and oxygen atoms in total. The molecule has 3 heterocycles. The zero-order valence-electron chi connectivity index (χ0n) is 14.2. The van der Waals surface area contributed by atoms with E-state index < -0.39 is 0 Å². The van der Waals surface area contributed by atoms with E-state index in [9.17, 15) is 4.79 Å². The first-order valence-electron chi connectivity index (χ1n) is 8.23. The minimum absolute atomic E-state index is 0.0846. The number of aromatic nitrogens is 2. The summed E-state index contributed by atoms with van der Waals surface area (Å²) >= 11 is 0. The van der Waals surface area contributed by atoms with Crippen LogP contribution in [0, 0.1) is 13.8 Å². The lowest BCUT2D eigenvalue weighted by Crippen LogP contribution is -2.29. The number of rotatable bonds is 2. The second-order valence-corrected chi connectivity index (χ2v) is 6.52. The van der Waals surface area contributed by atoms with E-state index in [1.807, 2.05) is 37.9 Å². The molecule has 1 aromatic carbocycles. The molecular weight excluding hydrogens is 306 g/mol. The maximum atomic E-state index is 12.9. The van der Waals surface area contributed by atoms with Gasteiger partial charge in [-0.15, -0.1) is 0 Å². The van der Waals surface area contributed by atoms with Gasteiger partial charge in [0.25, 0.3) is 5.91 Å². The molecule has 0 saturated carbocycles. The van der Waals surface area contributed by atoms with E-state index in [1.54, 1.807) is 4.68 Å². The van der Waals surface area contributed by atoms with Gasteiger partial charge in [0.05, 0.1) is 11.3 Å². The fourth-order valence-corrected chi connectivity index (χ4v) is 3.63. The van der Waals surface area contributed by atoms with Crippen molar-refractivity contribution < 1.29 is 14.3 Å². The topological polar surface area (TPSA) is 56.6 Å². The van der Waals surface area contributed by atoms with Crippen LogP contribution >= 0.6 is 0 Å². The highest BCUT2D eigenvalue weighted by Crippen LogP contribution is 2.37. The molecule has 24 heavy (non-hydrogen) atoms. The molecule has 4 rings (SSSR count). The molecule has 0 bridgehead atoms. The van der Waals surface area contributed by atoms with Crippen molar-refractivity contribution >= 4 is 5.91 Å². The first-order chi connectivity index (χ1) is 11.5. The number of carbonyl (C=O) groups is 1. The molecule has 126 valence electrons. The van der Waals surface area contributed by atoms with Crippen molar-refractivity contribution in [3.8, 4) is 11.5 Å². The van der Waals surface area contributed by atoms with Gasteiger partial charge in [0.1, 0.15) is 0 Å². The third-order valence-electron chi connectivity index (χ3n) is 5.07. The smallest absolute Gasteiger partial charge is 0.257 e. The molecule has 1 atom stereocenters. The summed E-state index contributed by atoms with van der Waals surface area (Å²) in [4.78, 5) is 14.8. The predicted octanol–water partition coefficient (Wildman–Crippen LogP) is 2.40. The van der Waals surface area contributed by atoms with Crippen molar-refractivity contribution in [1.82, 2.24) is 14.7 Å². The van der Waals surface area contributed by atoms with Gasteiger partial charge in [-0.25, -0.2) is 0 Å². The van der Waals surface area contributed by atoms with Gasteiger partial charge in [0, 0.05) is 31.7 Å². The minimum atomic E-state index is 0.0846. The Labute approximate surface area is 141 Å². The Bertz CT molecular complexity index is 812. The van der Waals surface area contributed by atoms with Gasteiger partial charge in [0.2, 0.25) is 6.79 Å². The van der Waals surface area contributed by atoms with E-state index >= 15 is 0 Å². The second kappa shape index (κ2) is 5.54. The van der Waals surface area contributed by atoms with E-state index in [-0.39, 0.29) is 12.7 Å². The molecule has 1 fully saturated rings. The number of carbonyl (C=O) groups excluding carboxylic acids is 1. The van der Waals surface area contributed by atoms with E-state index in [0.29, 0.717) is 5.92 Å². The monoisotopic (exact) mass is 327 g/mol. The number of amides is 1. The summed E-state index contributed by atoms with van der Waals surface area (Å²) < 4.78 is 12.6. The SMILES string of the molecule is Cc1nn(C)c(C)c1C(=O)N1CCC(c2ccc3c(c2)OCO3)C1. The quantitative estimate of drug-likeness (QED) is 0.850. The van der Waals surface area contributed by atoms with Crippen LogP contribution in [-0.2, 0) is 7.05 Å². The van der Waals surface area contributed by atoms with Gasteiger partial charge in [-0.1, -0.05) is 6.07 Å². The van der Waals surface area contributed by atoms with Crippen LogP contribution in [0.4, 0.5) is 0 Å². The number of hydrogen-bond acceptors (Lipinski definition) is 4. The van der Waals surface area contributed by atoms with Gasteiger partial charge in [-0.2, -0.15) is 5.10 Å². The molecular formula is C18H21N3O3. The summed E-state index contributed by atoms with van der Waals surface area (Å²) in [7, 11) is 1.87. The van der Waals surface area contributed by atoms with Crippen LogP contribution in [0.15, 0.2) is 18.2 Å². The Morgan fingerprint density at radius 1 is 1.25 bits per heavy atom. The summed E-state index contributed by atoms with van der Waals surface area (Å²) in [5.41, 5.74) is 3.66. The fourth-order valence-electron chi connectivity index (χ4n) is 3.63. The highest BCUT2D eigenvalue weighted by atomic mass is 16.7. The molecule has 2 aliphatic heterocycles. The maximum Gasteiger partial charge on any atom is 0.257 e. The van der Waals surface area contributed by atoms with Crippen molar-refractivity contribution in [2.24, 2.45) is 7.05 Å². The molecule has 0 radical (unpaired) electrons. The molecule has 0 spiro atoms. The van der Waals surface area contributed by atoms with Crippen molar-refractivity contribution in [2.75, 3.05) is 19.9 Å². The van der Waals surface area contributed by atoms with E-state index in [0.717, 1.165) is 48.0 Å². The summed E-state index contributed by atoms with van der Waals surface area (Å²) in [5, 5.41) is 4.36. The summed E-state index contributed by atoms with van der Waals surface area (Å²) in [6, 6.07) is 6.08. The molecule has 0 N–H and O–H groups in total. The van der Waals surface area contributed by atoms with Gasteiger partial charge in [-0.3, -0.25) is 9.48 Å². The Hall–Kier alpha value is -2.50. The van der Waals surface area contributed by atoms with Crippen molar-refractivity contribution in [1.29, 1.82) is 0 Å². The molecule has 2 aromatic rings. The van der Waals surface area contributed by atoms with Gasteiger partial charge in [-0.05, 0) is 38.0 Å². The van der Waals surface area contributed by atoms with Gasteiger partial charge in [0.15, 0.2) is 11.5 Å². The lowest BCUT2D eigenvalue weighted by atomic mass is 9.98. The summed E-state index contributed by atoms with van der Waals surface area (Å²) in [6.07, 6.45) is 0.962. The third kappa shape index (κ3) is 2.33. The van der Waals surface area contributed by atoms with Crippen LogP contribution in [0.3, 0.4) is 0 Å². The van der Waals surface area contributed by atoms with Gasteiger partial charge < -0.3 is 14.4 Å². The van der Waals surface area contributed by atoms with Crippen LogP contribution < -0.4 is 9.47 Å². The zero-order chi connectivity index (χ0) is 16.8. The predicted molar refractivity (Wildman–Crippen MR) is 88.5 cm³/mol.